The van der Waals surface area contributed by atoms with E-state index in [1.807, 2.05) is 17.5 Å². The van der Waals surface area contributed by atoms with Gasteiger partial charge in [-0.05, 0) is 29.1 Å². The fourth-order valence-corrected chi connectivity index (χ4v) is 2.72. The summed E-state index contributed by atoms with van der Waals surface area (Å²) in [6, 6.07) is 7.87. The molecular weight excluding hydrogens is 293 g/mol. The van der Waals surface area contributed by atoms with Gasteiger partial charge in [-0.1, -0.05) is 12.1 Å². The highest BCUT2D eigenvalue weighted by Crippen LogP contribution is 2.23. The first-order chi connectivity index (χ1) is 10.1. The van der Waals surface area contributed by atoms with Crippen molar-refractivity contribution in [3.05, 3.63) is 52.0 Å². The molecular formula is C15H16FNO3S. The summed E-state index contributed by atoms with van der Waals surface area (Å²) in [5.74, 6) is -1.34. The average molecular weight is 309 g/mol. The van der Waals surface area contributed by atoms with Crippen LogP contribution in [0.15, 0.2) is 35.7 Å². The molecule has 0 bridgehead atoms. The maximum atomic E-state index is 13.3. The van der Waals surface area contributed by atoms with Gasteiger partial charge in [0, 0.05) is 11.4 Å². The van der Waals surface area contributed by atoms with Gasteiger partial charge in [-0.3, -0.25) is 4.79 Å². The Bertz CT molecular complexity index is 601. The van der Waals surface area contributed by atoms with Gasteiger partial charge in [0.25, 0.3) is 0 Å². The Morgan fingerprint density at radius 1 is 1.48 bits per heavy atom. The highest BCUT2D eigenvalue weighted by atomic mass is 32.1. The predicted octanol–water partition coefficient (Wildman–Crippen LogP) is 2.99. The molecule has 0 fully saturated rings. The Balaban J connectivity index is 2.04. The van der Waals surface area contributed by atoms with Crippen LogP contribution >= 0.6 is 11.3 Å². The second-order valence-corrected chi connectivity index (χ2v) is 5.49. The molecule has 1 atom stereocenters. The summed E-state index contributed by atoms with van der Waals surface area (Å²) >= 11 is 1.54. The lowest BCUT2D eigenvalue weighted by atomic mass is 10.1. The Kier molecular flexibility index (Phi) is 5.30. The first-order valence-electron chi connectivity index (χ1n) is 6.41. The second-order valence-electron chi connectivity index (χ2n) is 4.51. The van der Waals surface area contributed by atoms with Gasteiger partial charge in [0.15, 0.2) is 11.6 Å². The summed E-state index contributed by atoms with van der Waals surface area (Å²) in [4.78, 5) is 12.5. The zero-order chi connectivity index (χ0) is 15.2. The summed E-state index contributed by atoms with van der Waals surface area (Å²) in [7, 11) is 1.35. The van der Waals surface area contributed by atoms with Gasteiger partial charge in [-0.2, -0.15) is 0 Å². The van der Waals surface area contributed by atoms with Crippen molar-refractivity contribution in [1.82, 2.24) is 5.32 Å². The summed E-state index contributed by atoms with van der Waals surface area (Å²) in [6.07, 6.45) is 0.206. The minimum absolute atomic E-state index is 0.186. The van der Waals surface area contributed by atoms with E-state index < -0.39 is 5.82 Å². The molecule has 1 aromatic carbocycles. The lowest BCUT2D eigenvalue weighted by Gasteiger charge is -2.16. The van der Waals surface area contributed by atoms with Crippen molar-refractivity contribution in [3.63, 3.8) is 0 Å². The molecule has 2 rings (SSSR count). The van der Waals surface area contributed by atoms with Crippen molar-refractivity contribution in [2.45, 2.75) is 19.0 Å². The van der Waals surface area contributed by atoms with Crippen LogP contribution in [-0.4, -0.2) is 18.2 Å². The molecule has 0 aliphatic heterocycles. The van der Waals surface area contributed by atoms with Gasteiger partial charge in [-0.25, -0.2) is 4.39 Å². The fourth-order valence-electron chi connectivity index (χ4n) is 1.91. The zero-order valence-corrected chi connectivity index (χ0v) is 12.3. The predicted molar refractivity (Wildman–Crippen MR) is 78.6 cm³/mol. The average Bonchev–Trinajstić information content (AvgIpc) is 3.00. The molecule has 0 aliphatic carbocycles. The van der Waals surface area contributed by atoms with Crippen molar-refractivity contribution in [2.24, 2.45) is 0 Å². The Labute approximate surface area is 126 Å². The summed E-state index contributed by atoms with van der Waals surface area (Å²) < 4.78 is 18.0. The number of ether oxygens (including phenoxy) is 1. The molecule has 1 heterocycles. The maximum Gasteiger partial charge on any atom is 0.307 e. The van der Waals surface area contributed by atoms with E-state index in [0.29, 0.717) is 12.1 Å². The van der Waals surface area contributed by atoms with Crippen LogP contribution < -0.4 is 5.32 Å². The molecule has 0 amide bonds. The van der Waals surface area contributed by atoms with Crippen LogP contribution in [0.4, 0.5) is 4.39 Å². The number of carbonyl (C=O) groups is 1. The maximum absolute atomic E-state index is 13.3. The van der Waals surface area contributed by atoms with Crippen molar-refractivity contribution in [3.8, 4) is 5.75 Å². The Hall–Kier alpha value is -1.92. The molecule has 1 aromatic heterocycles. The zero-order valence-electron chi connectivity index (χ0n) is 11.5. The van der Waals surface area contributed by atoms with Crippen LogP contribution in [0.5, 0.6) is 5.75 Å². The minimum Gasteiger partial charge on any atom is -0.505 e. The number of phenols is 1. The highest BCUT2D eigenvalue weighted by Gasteiger charge is 2.17. The number of aromatic hydroxyl groups is 1. The van der Waals surface area contributed by atoms with E-state index in [1.165, 1.54) is 30.6 Å². The molecule has 6 heteroatoms. The van der Waals surface area contributed by atoms with E-state index in [4.69, 9.17) is 9.84 Å². The van der Waals surface area contributed by atoms with E-state index in [-0.39, 0.29) is 24.2 Å². The molecule has 112 valence electrons. The third-order valence-corrected chi connectivity index (χ3v) is 4.04. The smallest absolute Gasteiger partial charge is 0.307 e. The number of halogens is 1. The van der Waals surface area contributed by atoms with Gasteiger partial charge in [0.1, 0.15) is 0 Å². The minimum atomic E-state index is -0.657. The molecule has 0 saturated heterocycles. The van der Waals surface area contributed by atoms with E-state index in [2.05, 4.69) is 5.32 Å². The van der Waals surface area contributed by atoms with E-state index in [9.17, 15) is 9.18 Å². The fraction of sp³-hybridized carbons (Fsp3) is 0.267. The number of nitrogens with one attached hydrogen (secondary N) is 1. The molecule has 0 saturated carbocycles. The summed E-state index contributed by atoms with van der Waals surface area (Å²) in [6.45, 7) is 0.386. The standard InChI is InChI=1S/C15H16FNO3S/c1-20-15(19)8-12(14-3-2-6-21-14)17-9-10-4-5-13(18)11(16)7-10/h2-7,12,17-18H,8-9H2,1H3. The lowest BCUT2D eigenvalue weighted by molar-refractivity contribution is -0.141. The van der Waals surface area contributed by atoms with Crippen LogP contribution in [0.2, 0.25) is 0 Å². The number of methoxy groups -OCH3 is 1. The van der Waals surface area contributed by atoms with Gasteiger partial charge >= 0.3 is 5.97 Å². The molecule has 21 heavy (non-hydrogen) atoms. The number of rotatable bonds is 6. The van der Waals surface area contributed by atoms with Gasteiger partial charge in [0.05, 0.1) is 19.6 Å². The monoisotopic (exact) mass is 309 g/mol. The summed E-state index contributed by atoms with van der Waals surface area (Å²) in [5.41, 5.74) is 0.691. The van der Waals surface area contributed by atoms with Crippen molar-refractivity contribution in [2.75, 3.05) is 7.11 Å². The number of hydrogen-bond donors (Lipinski definition) is 2. The Morgan fingerprint density at radius 3 is 2.90 bits per heavy atom. The van der Waals surface area contributed by atoms with E-state index in [0.717, 1.165) is 4.88 Å². The molecule has 4 nitrogen and oxygen atoms in total. The number of thiophene rings is 1. The largest absolute Gasteiger partial charge is 0.505 e. The van der Waals surface area contributed by atoms with Crippen LogP contribution in [0.1, 0.15) is 22.9 Å². The number of phenolic OH excluding ortho intramolecular Hbond substituents is 1. The first-order valence-corrected chi connectivity index (χ1v) is 7.29. The number of esters is 1. The van der Waals surface area contributed by atoms with E-state index in [1.54, 1.807) is 6.07 Å². The summed E-state index contributed by atoms with van der Waals surface area (Å²) in [5, 5.41) is 14.3. The van der Waals surface area contributed by atoms with Gasteiger partial charge in [-0.15, -0.1) is 11.3 Å². The number of benzene rings is 1. The SMILES string of the molecule is COC(=O)CC(NCc1ccc(O)c(F)c1)c1cccs1. The normalized spacial score (nSPS) is 12.1. The van der Waals surface area contributed by atoms with E-state index >= 15 is 0 Å². The molecule has 2 N–H and O–H groups in total. The van der Waals surface area contributed by atoms with Crippen molar-refractivity contribution < 1.29 is 19.0 Å². The number of carbonyl (C=O) groups excluding carboxylic acids is 1. The van der Waals surface area contributed by atoms with Gasteiger partial charge in [0.2, 0.25) is 0 Å². The van der Waals surface area contributed by atoms with Crippen LogP contribution in [0, 0.1) is 5.82 Å². The topological polar surface area (TPSA) is 58.6 Å². The number of hydrogen-bond acceptors (Lipinski definition) is 5. The quantitative estimate of drug-likeness (QED) is 0.805. The van der Waals surface area contributed by atoms with Gasteiger partial charge < -0.3 is 15.2 Å². The van der Waals surface area contributed by atoms with Crippen molar-refractivity contribution in [1.29, 1.82) is 0 Å². The first kappa shape index (κ1) is 15.5. The van der Waals surface area contributed by atoms with Crippen LogP contribution in [0.25, 0.3) is 0 Å². The third kappa shape index (κ3) is 4.27. The molecule has 0 aliphatic rings. The van der Waals surface area contributed by atoms with Crippen LogP contribution in [-0.2, 0) is 16.1 Å². The lowest BCUT2D eigenvalue weighted by Crippen LogP contribution is -2.23. The Morgan fingerprint density at radius 2 is 2.29 bits per heavy atom. The van der Waals surface area contributed by atoms with Crippen LogP contribution in [0.3, 0.4) is 0 Å². The van der Waals surface area contributed by atoms with Crippen molar-refractivity contribution >= 4 is 17.3 Å². The molecule has 0 spiro atoms. The molecule has 2 aromatic rings. The molecule has 0 radical (unpaired) electrons. The third-order valence-electron chi connectivity index (χ3n) is 3.05. The molecule has 1 unspecified atom stereocenters. The second kappa shape index (κ2) is 7.19. The highest BCUT2D eigenvalue weighted by molar-refractivity contribution is 7.10.